The summed E-state index contributed by atoms with van der Waals surface area (Å²) in [4.78, 5) is 0. The molecule has 1 rings (SSSR count). The van der Waals surface area contributed by atoms with Crippen LogP contribution in [-0.4, -0.2) is 11.8 Å². The molecular weight excluding hydrogens is 238 g/mol. The largest absolute Gasteiger partial charge is 0.126 e. The molecule has 0 unspecified atom stereocenters. The zero-order chi connectivity index (χ0) is 10.6. The molecule has 0 saturated carbocycles. The normalized spacial score (nSPS) is 11.7. The third kappa shape index (κ3) is 3.34. The first-order valence-electron chi connectivity index (χ1n) is 4.46. The van der Waals surface area contributed by atoms with Gasteiger partial charge in [0.2, 0.25) is 0 Å². The Bertz CT molecular complexity index is 292. The number of rotatable bonds is 4. The molecule has 0 radical (unpaired) electrons. The zero-order valence-corrected chi connectivity index (χ0v) is 10.3. The Kier molecular flexibility index (Phi) is 4.56. The molecule has 0 N–H and O–H groups in total. The molecular formula is C11H13Cl3. The zero-order valence-electron chi connectivity index (χ0n) is 8.06. The Morgan fingerprint density at radius 1 is 1.21 bits per heavy atom. The Balaban J connectivity index is 2.77. The van der Waals surface area contributed by atoms with Crippen LogP contribution in [0.4, 0.5) is 0 Å². The molecule has 0 atom stereocenters. The summed E-state index contributed by atoms with van der Waals surface area (Å²) in [6.45, 7) is 2.08. The second-order valence-corrected chi connectivity index (χ2v) is 4.86. The summed E-state index contributed by atoms with van der Waals surface area (Å²) >= 11 is 17.7. The van der Waals surface area contributed by atoms with Crippen molar-refractivity contribution < 1.29 is 0 Å². The van der Waals surface area contributed by atoms with Crippen molar-refractivity contribution in [2.45, 2.75) is 13.3 Å². The number of benzene rings is 1. The summed E-state index contributed by atoms with van der Waals surface area (Å²) in [7, 11) is 0. The predicted octanol–water partition coefficient (Wildman–Crippen LogP) is 4.37. The summed E-state index contributed by atoms with van der Waals surface area (Å²) in [5, 5.41) is 0.758. The highest BCUT2D eigenvalue weighted by atomic mass is 35.5. The van der Waals surface area contributed by atoms with E-state index in [-0.39, 0.29) is 5.41 Å². The van der Waals surface area contributed by atoms with Crippen molar-refractivity contribution in [3.05, 3.63) is 34.9 Å². The Morgan fingerprint density at radius 3 is 2.36 bits per heavy atom. The van der Waals surface area contributed by atoms with Gasteiger partial charge in [0, 0.05) is 16.8 Å². The van der Waals surface area contributed by atoms with Crippen LogP contribution in [0.15, 0.2) is 24.3 Å². The molecule has 0 heterocycles. The lowest BCUT2D eigenvalue weighted by atomic mass is 9.88. The van der Waals surface area contributed by atoms with Gasteiger partial charge in [-0.15, -0.1) is 23.2 Å². The van der Waals surface area contributed by atoms with E-state index in [2.05, 4.69) is 6.92 Å². The van der Waals surface area contributed by atoms with Crippen molar-refractivity contribution in [2.75, 3.05) is 11.8 Å². The van der Waals surface area contributed by atoms with Crippen molar-refractivity contribution >= 4 is 34.8 Å². The van der Waals surface area contributed by atoms with Crippen molar-refractivity contribution in [1.29, 1.82) is 0 Å². The maximum Gasteiger partial charge on any atom is 0.0408 e. The fourth-order valence-electron chi connectivity index (χ4n) is 1.27. The van der Waals surface area contributed by atoms with Gasteiger partial charge in [-0.1, -0.05) is 30.7 Å². The van der Waals surface area contributed by atoms with Gasteiger partial charge in [-0.2, -0.15) is 0 Å². The summed E-state index contributed by atoms with van der Waals surface area (Å²) < 4.78 is 0. The van der Waals surface area contributed by atoms with E-state index in [4.69, 9.17) is 34.8 Å². The summed E-state index contributed by atoms with van der Waals surface area (Å²) in [6, 6.07) is 7.81. The maximum atomic E-state index is 5.89. The average Bonchev–Trinajstić information content (AvgIpc) is 2.18. The average molecular weight is 252 g/mol. The molecule has 0 nitrogen and oxygen atoms in total. The van der Waals surface area contributed by atoms with Crippen LogP contribution >= 0.6 is 34.8 Å². The minimum Gasteiger partial charge on any atom is -0.126 e. The van der Waals surface area contributed by atoms with E-state index in [1.807, 2.05) is 24.3 Å². The van der Waals surface area contributed by atoms with Crippen LogP contribution in [0.2, 0.25) is 5.02 Å². The lowest BCUT2D eigenvalue weighted by Gasteiger charge is -2.24. The highest BCUT2D eigenvalue weighted by Crippen LogP contribution is 2.26. The van der Waals surface area contributed by atoms with E-state index in [1.54, 1.807) is 0 Å². The smallest absolute Gasteiger partial charge is 0.0408 e. The van der Waals surface area contributed by atoms with Gasteiger partial charge >= 0.3 is 0 Å². The van der Waals surface area contributed by atoms with E-state index >= 15 is 0 Å². The van der Waals surface area contributed by atoms with E-state index < -0.39 is 0 Å². The lowest BCUT2D eigenvalue weighted by molar-refractivity contribution is 0.425. The molecule has 14 heavy (non-hydrogen) atoms. The molecule has 0 saturated heterocycles. The van der Waals surface area contributed by atoms with Gasteiger partial charge in [-0.3, -0.25) is 0 Å². The number of halogens is 3. The van der Waals surface area contributed by atoms with E-state index in [0.29, 0.717) is 11.8 Å². The summed E-state index contributed by atoms with van der Waals surface area (Å²) in [5.41, 5.74) is 1.13. The van der Waals surface area contributed by atoms with Gasteiger partial charge in [0.05, 0.1) is 0 Å². The Hall–Kier alpha value is 0.0900. The Labute approximate surface area is 100 Å². The first-order chi connectivity index (χ1) is 6.59. The number of alkyl halides is 2. The molecule has 0 bridgehead atoms. The Morgan fingerprint density at radius 2 is 1.86 bits per heavy atom. The van der Waals surface area contributed by atoms with Crippen molar-refractivity contribution in [1.82, 2.24) is 0 Å². The third-order valence-electron chi connectivity index (χ3n) is 2.17. The first kappa shape index (κ1) is 12.2. The van der Waals surface area contributed by atoms with Gasteiger partial charge in [0.1, 0.15) is 0 Å². The topological polar surface area (TPSA) is 0 Å². The van der Waals surface area contributed by atoms with Gasteiger partial charge in [0.25, 0.3) is 0 Å². The molecule has 0 aliphatic rings. The minimum absolute atomic E-state index is 0.0478. The number of hydrogen-bond donors (Lipinski definition) is 0. The van der Waals surface area contributed by atoms with Crippen LogP contribution in [0.5, 0.6) is 0 Å². The molecule has 0 fully saturated rings. The van der Waals surface area contributed by atoms with Crippen LogP contribution in [0.3, 0.4) is 0 Å². The predicted molar refractivity (Wildman–Crippen MR) is 64.7 cm³/mol. The van der Waals surface area contributed by atoms with Gasteiger partial charge in [-0.25, -0.2) is 0 Å². The van der Waals surface area contributed by atoms with Crippen LogP contribution < -0.4 is 0 Å². The summed E-state index contributed by atoms with van der Waals surface area (Å²) in [6.07, 6.45) is 0.862. The highest BCUT2D eigenvalue weighted by Gasteiger charge is 2.22. The molecule has 1 aromatic carbocycles. The van der Waals surface area contributed by atoms with Crippen molar-refractivity contribution in [3.8, 4) is 0 Å². The van der Waals surface area contributed by atoms with Gasteiger partial charge in [-0.05, 0) is 29.5 Å². The standard InChI is InChI=1S/C11H13Cl3/c1-11(7-12,8-13)6-9-3-2-4-10(14)5-9/h2-5H,6-8H2,1H3. The monoisotopic (exact) mass is 250 g/mol. The number of hydrogen-bond acceptors (Lipinski definition) is 0. The lowest BCUT2D eigenvalue weighted by Crippen LogP contribution is -2.23. The molecule has 3 heteroatoms. The maximum absolute atomic E-state index is 5.89. The van der Waals surface area contributed by atoms with Crippen LogP contribution in [0.25, 0.3) is 0 Å². The molecule has 0 aliphatic heterocycles. The molecule has 0 amide bonds. The van der Waals surface area contributed by atoms with Crippen molar-refractivity contribution in [3.63, 3.8) is 0 Å². The van der Waals surface area contributed by atoms with E-state index in [0.717, 1.165) is 11.4 Å². The fourth-order valence-corrected chi connectivity index (χ4v) is 1.96. The van der Waals surface area contributed by atoms with Gasteiger partial charge < -0.3 is 0 Å². The van der Waals surface area contributed by atoms with Crippen LogP contribution in [-0.2, 0) is 6.42 Å². The molecule has 78 valence electrons. The molecule has 1 aromatic rings. The molecule has 0 aromatic heterocycles. The summed E-state index contributed by atoms with van der Waals surface area (Å²) in [5.74, 6) is 1.12. The van der Waals surface area contributed by atoms with Crippen LogP contribution in [0.1, 0.15) is 12.5 Å². The third-order valence-corrected chi connectivity index (χ3v) is 3.69. The second-order valence-electron chi connectivity index (χ2n) is 3.88. The first-order valence-corrected chi connectivity index (χ1v) is 5.91. The highest BCUT2D eigenvalue weighted by molar-refractivity contribution is 6.30. The second kappa shape index (κ2) is 5.25. The van der Waals surface area contributed by atoms with Crippen molar-refractivity contribution in [2.24, 2.45) is 5.41 Å². The van der Waals surface area contributed by atoms with E-state index in [9.17, 15) is 0 Å². The molecule has 0 aliphatic carbocycles. The SMILES string of the molecule is CC(CCl)(CCl)Cc1cccc(Cl)c1. The van der Waals surface area contributed by atoms with E-state index in [1.165, 1.54) is 5.56 Å². The minimum atomic E-state index is -0.0478. The molecule has 0 spiro atoms. The van der Waals surface area contributed by atoms with Gasteiger partial charge in [0.15, 0.2) is 0 Å². The van der Waals surface area contributed by atoms with Crippen LogP contribution in [0, 0.1) is 5.41 Å². The quantitative estimate of drug-likeness (QED) is 0.697. The fraction of sp³-hybridized carbons (Fsp3) is 0.455.